The Morgan fingerprint density at radius 3 is 2.51 bits per heavy atom. The number of nitrogens with one attached hydrogen (secondary N) is 4. The van der Waals surface area contributed by atoms with Gasteiger partial charge >= 0.3 is 6.09 Å². The van der Waals surface area contributed by atoms with Gasteiger partial charge in [0.15, 0.2) is 0 Å². The minimum absolute atomic E-state index is 0.0472. The van der Waals surface area contributed by atoms with Crippen LogP contribution in [0, 0.1) is 11.8 Å². The molecular formula is C39H52N8O4. The molecule has 7 N–H and O–H groups in total. The number of likely N-dealkylation sites (tertiary alicyclic amines) is 1. The number of hydrogen-bond acceptors (Lipinski definition) is 8. The molecule has 12 heteroatoms. The van der Waals surface area contributed by atoms with Crippen molar-refractivity contribution in [2.75, 3.05) is 20.2 Å². The molecule has 272 valence electrons. The van der Waals surface area contributed by atoms with Crippen molar-refractivity contribution < 1.29 is 19.5 Å². The monoisotopic (exact) mass is 696 g/mol. The van der Waals surface area contributed by atoms with Gasteiger partial charge < -0.3 is 35.9 Å². The molecule has 0 aliphatic carbocycles. The maximum atomic E-state index is 13.4. The first-order chi connectivity index (χ1) is 24.6. The second kappa shape index (κ2) is 15.8. The molecule has 1 aliphatic heterocycles. The zero-order chi connectivity index (χ0) is 36.2. The number of amides is 2. The highest BCUT2D eigenvalue weighted by Gasteiger charge is 2.35. The first-order valence-corrected chi connectivity index (χ1v) is 18.3. The fourth-order valence-electron chi connectivity index (χ4n) is 7.45. The molecule has 1 unspecified atom stereocenters. The van der Waals surface area contributed by atoms with E-state index in [-0.39, 0.29) is 35.7 Å². The molecule has 2 aromatic heterocycles. The summed E-state index contributed by atoms with van der Waals surface area (Å²) in [4.78, 5) is 44.5. The molecule has 1 saturated heterocycles. The Kier molecular flexibility index (Phi) is 11.2. The summed E-state index contributed by atoms with van der Waals surface area (Å²) in [5.74, 6) is 1.84. The summed E-state index contributed by atoms with van der Waals surface area (Å²) in [5, 5.41) is 14.9. The van der Waals surface area contributed by atoms with Gasteiger partial charge in [-0.15, -0.1) is 0 Å². The van der Waals surface area contributed by atoms with Crippen molar-refractivity contribution in [3.8, 4) is 11.1 Å². The number of piperidine rings is 1. The minimum Gasteiger partial charge on any atom is -0.453 e. The number of fused-ring (bicyclic) bond motifs is 4. The molecule has 0 bridgehead atoms. The Labute approximate surface area is 298 Å². The summed E-state index contributed by atoms with van der Waals surface area (Å²) in [6, 6.07) is 16.0. The van der Waals surface area contributed by atoms with Crippen LogP contribution >= 0.6 is 0 Å². The zero-order valence-electron chi connectivity index (χ0n) is 30.3. The third kappa shape index (κ3) is 7.73. The first kappa shape index (κ1) is 36.3. The molecule has 3 heterocycles. The van der Waals surface area contributed by atoms with Crippen molar-refractivity contribution in [3.05, 3.63) is 60.2 Å². The van der Waals surface area contributed by atoms with E-state index in [0.717, 1.165) is 94.1 Å². The number of aromatic amines is 2. The predicted octanol–water partition coefficient (Wildman–Crippen LogP) is 6.91. The second-order valence-electron chi connectivity index (χ2n) is 14.6. The van der Waals surface area contributed by atoms with Crippen molar-refractivity contribution in [1.29, 1.82) is 0 Å². The van der Waals surface area contributed by atoms with E-state index in [1.54, 1.807) is 0 Å². The molecule has 0 radical (unpaired) electrons. The molecule has 0 saturated carbocycles. The Bertz CT molecular complexity index is 1980. The van der Waals surface area contributed by atoms with Crippen LogP contribution in [0.4, 0.5) is 4.79 Å². The average Bonchev–Trinajstić information content (AvgIpc) is 3.77. The summed E-state index contributed by atoms with van der Waals surface area (Å²) in [7, 11) is 1.39. The van der Waals surface area contributed by atoms with Gasteiger partial charge in [-0.25, -0.2) is 14.8 Å². The zero-order valence-corrected chi connectivity index (χ0v) is 30.3. The molecular weight excluding hydrogens is 644 g/mol. The molecule has 4 atom stereocenters. The Balaban J connectivity index is 1.27. The fraction of sp³-hybridized carbons (Fsp3) is 0.487. The molecule has 5 aromatic rings. The number of imidazole rings is 2. The highest BCUT2D eigenvalue weighted by molar-refractivity contribution is 6.05. The SMILES string of the molecule is COC(=O)N[C@H](CC(CCCN)c1nc2c(ccc3cc(-c4ccc5nc([C@@H]6CCCCN6C(=O)[C@@H](NO)C(C)C)[nH]c5c4)ccc32)[nH]1)C(C)C. The number of nitrogens with two attached hydrogens (primary N) is 1. The quantitative estimate of drug-likeness (QED) is 0.0720. The smallest absolute Gasteiger partial charge is 0.407 e. The van der Waals surface area contributed by atoms with Crippen LogP contribution in [0.3, 0.4) is 0 Å². The van der Waals surface area contributed by atoms with Crippen LogP contribution in [-0.2, 0) is 9.53 Å². The van der Waals surface area contributed by atoms with E-state index in [1.165, 1.54) is 7.11 Å². The molecule has 1 aliphatic rings. The number of aromatic nitrogens is 4. The number of H-pyrrole nitrogens is 2. The maximum Gasteiger partial charge on any atom is 0.407 e. The molecule has 2 amide bonds. The van der Waals surface area contributed by atoms with Crippen molar-refractivity contribution in [2.24, 2.45) is 17.6 Å². The topological polar surface area (TPSA) is 174 Å². The summed E-state index contributed by atoms with van der Waals surface area (Å²) in [6.07, 6.45) is 4.77. The van der Waals surface area contributed by atoms with Crippen LogP contribution in [0.25, 0.3) is 44.0 Å². The van der Waals surface area contributed by atoms with E-state index >= 15 is 0 Å². The lowest BCUT2D eigenvalue weighted by molar-refractivity contribution is -0.141. The second-order valence-corrected chi connectivity index (χ2v) is 14.6. The number of carbonyl (C=O) groups excluding carboxylic acids is 2. The lowest BCUT2D eigenvalue weighted by Gasteiger charge is -2.37. The van der Waals surface area contributed by atoms with E-state index in [9.17, 15) is 14.8 Å². The Morgan fingerprint density at radius 2 is 1.78 bits per heavy atom. The lowest BCUT2D eigenvalue weighted by atomic mass is 9.89. The lowest BCUT2D eigenvalue weighted by Crippen LogP contribution is -2.51. The molecule has 6 rings (SSSR count). The Hall–Kier alpha value is -4.52. The van der Waals surface area contributed by atoms with Gasteiger partial charge in [0.05, 0.1) is 35.2 Å². The highest BCUT2D eigenvalue weighted by Crippen LogP contribution is 2.35. The number of alkyl carbamates (subject to hydrolysis) is 1. The number of benzene rings is 3. The van der Waals surface area contributed by atoms with Gasteiger partial charge in [-0.1, -0.05) is 52.0 Å². The Morgan fingerprint density at radius 1 is 1.00 bits per heavy atom. The summed E-state index contributed by atoms with van der Waals surface area (Å²) in [6.45, 7) is 9.27. The van der Waals surface area contributed by atoms with Gasteiger partial charge in [-0.2, -0.15) is 5.48 Å². The van der Waals surface area contributed by atoms with Gasteiger partial charge in [0.25, 0.3) is 0 Å². The molecule has 12 nitrogen and oxygen atoms in total. The maximum absolute atomic E-state index is 13.4. The normalized spacial score (nSPS) is 17.0. The van der Waals surface area contributed by atoms with Crippen LogP contribution in [0.15, 0.2) is 48.5 Å². The van der Waals surface area contributed by atoms with Crippen molar-refractivity contribution in [1.82, 2.24) is 35.6 Å². The minimum atomic E-state index is -0.658. The summed E-state index contributed by atoms with van der Waals surface area (Å²) in [5.41, 5.74) is 13.9. The van der Waals surface area contributed by atoms with E-state index in [2.05, 4.69) is 77.1 Å². The first-order valence-electron chi connectivity index (χ1n) is 18.3. The van der Waals surface area contributed by atoms with E-state index in [1.807, 2.05) is 24.8 Å². The molecule has 0 spiro atoms. The van der Waals surface area contributed by atoms with Crippen molar-refractivity contribution in [2.45, 2.75) is 90.3 Å². The molecule has 51 heavy (non-hydrogen) atoms. The van der Waals surface area contributed by atoms with E-state index in [4.69, 9.17) is 20.4 Å². The van der Waals surface area contributed by atoms with Crippen LogP contribution in [0.5, 0.6) is 0 Å². The van der Waals surface area contributed by atoms with Gasteiger partial charge in [-0.05, 0) is 97.7 Å². The number of rotatable bonds is 13. The van der Waals surface area contributed by atoms with Gasteiger partial charge in [0, 0.05) is 23.9 Å². The largest absolute Gasteiger partial charge is 0.453 e. The van der Waals surface area contributed by atoms with E-state index < -0.39 is 12.1 Å². The number of nitrogens with zero attached hydrogens (tertiary/aromatic N) is 3. The van der Waals surface area contributed by atoms with Crippen molar-refractivity contribution in [3.63, 3.8) is 0 Å². The van der Waals surface area contributed by atoms with Crippen molar-refractivity contribution >= 4 is 44.8 Å². The predicted molar refractivity (Wildman–Crippen MR) is 200 cm³/mol. The average molecular weight is 697 g/mol. The van der Waals surface area contributed by atoms with Crippen LogP contribution in [0.1, 0.15) is 89.8 Å². The van der Waals surface area contributed by atoms with Crippen LogP contribution in [0.2, 0.25) is 0 Å². The highest BCUT2D eigenvalue weighted by atomic mass is 16.5. The fourth-order valence-corrected chi connectivity index (χ4v) is 7.45. The third-order valence-electron chi connectivity index (χ3n) is 10.5. The molecule has 3 aromatic carbocycles. The van der Waals surface area contributed by atoms with Gasteiger partial charge in [0.1, 0.15) is 17.7 Å². The summed E-state index contributed by atoms with van der Waals surface area (Å²) < 4.78 is 4.89. The number of methoxy groups -OCH3 is 1. The number of ether oxygens (including phenoxy) is 1. The molecule has 1 fully saturated rings. The summed E-state index contributed by atoms with van der Waals surface area (Å²) >= 11 is 0. The standard InChI is InChI=1S/C39H52N8O4/c1-22(2)31(44-39(49)51-5)21-27(9-8-17-40)36-42-30-16-13-26-19-24(11-14-28(26)35(30)45-36)25-12-15-29-32(20-25)43-37(41-29)33-10-6-7-18-47(33)38(48)34(46-50)23(3)4/h11-16,19-20,22-23,27,31,33-34,46,50H,6-10,17-18,21,40H2,1-5H3,(H,41,43)(H,42,45)(H,44,49)/t27?,31-,33+,34+/m1/s1. The van der Waals surface area contributed by atoms with Crippen LogP contribution in [-0.4, -0.2) is 74.3 Å². The van der Waals surface area contributed by atoms with Gasteiger partial charge in [-0.3, -0.25) is 4.79 Å². The van der Waals surface area contributed by atoms with Crippen LogP contribution < -0.4 is 16.5 Å². The van der Waals surface area contributed by atoms with Gasteiger partial charge in [0.2, 0.25) is 5.91 Å². The number of carbonyl (C=O) groups is 2. The van der Waals surface area contributed by atoms with E-state index in [0.29, 0.717) is 13.1 Å². The number of hydrogen-bond donors (Lipinski definition) is 6. The third-order valence-corrected chi connectivity index (χ3v) is 10.5. The number of hydroxylamine groups is 1.